The van der Waals surface area contributed by atoms with Crippen LogP contribution in [0.3, 0.4) is 0 Å². The zero-order chi connectivity index (χ0) is 13.9. The molecule has 0 atom stereocenters. The minimum Gasteiger partial charge on any atom is -0.236 e. The van der Waals surface area contributed by atoms with Gasteiger partial charge in [0, 0.05) is 18.0 Å². The lowest BCUT2D eigenvalue weighted by Crippen LogP contribution is -1.89. The summed E-state index contributed by atoms with van der Waals surface area (Å²) in [6, 6.07) is 14.4. The summed E-state index contributed by atoms with van der Waals surface area (Å²) in [5.41, 5.74) is 4.04. The highest BCUT2D eigenvalue weighted by molar-refractivity contribution is 5.67. The maximum absolute atomic E-state index is 12.9. The second kappa shape index (κ2) is 5.21. The Bertz CT molecular complexity index is 637. The van der Waals surface area contributed by atoms with E-state index in [1.807, 2.05) is 31.2 Å². The van der Waals surface area contributed by atoms with Gasteiger partial charge in [0.05, 0.1) is 0 Å². The van der Waals surface area contributed by atoms with Crippen LogP contribution in [-0.2, 0) is 0 Å². The van der Waals surface area contributed by atoms with Gasteiger partial charge in [-0.1, -0.05) is 36.4 Å². The van der Waals surface area contributed by atoms with Crippen LogP contribution < -0.4 is 0 Å². The van der Waals surface area contributed by atoms with Crippen LogP contribution in [-0.4, -0.2) is 9.97 Å². The molecule has 0 aliphatic rings. The van der Waals surface area contributed by atoms with Gasteiger partial charge in [0.15, 0.2) is 5.82 Å². The fraction of sp³-hybridized carbons (Fsp3) is 0.0588. The Labute approximate surface area is 117 Å². The first kappa shape index (κ1) is 12.5. The Morgan fingerprint density at radius 3 is 1.70 bits per heavy atom. The van der Waals surface area contributed by atoms with Crippen LogP contribution >= 0.6 is 0 Å². The maximum atomic E-state index is 12.9. The number of hydrogen-bond acceptors (Lipinski definition) is 2. The molecule has 0 spiro atoms. The SMILES string of the molecule is Cc1cnc(-c2ccc(-c3ccc(F)cc3)cc2)nc1. The lowest BCUT2D eigenvalue weighted by Gasteiger charge is -2.04. The summed E-state index contributed by atoms with van der Waals surface area (Å²) >= 11 is 0. The standard InChI is InChI=1S/C17H13FN2/c1-12-10-19-17(20-11-12)15-4-2-13(3-5-15)14-6-8-16(18)9-7-14/h2-11H,1H3. The molecule has 0 fully saturated rings. The minimum atomic E-state index is -0.224. The highest BCUT2D eigenvalue weighted by Gasteiger charge is 2.02. The maximum Gasteiger partial charge on any atom is 0.159 e. The number of aryl methyl sites for hydroxylation is 1. The van der Waals surface area contributed by atoms with Crippen molar-refractivity contribution in [1.29, 1.82) is 0 Å². The molecule has 2 aromatic carbocycles. The highest BCUT2D eigenvalue weighted by Crippen LogP contribution is 2.23. The Morgan fingerprint density at radius 2 is 1.15 bits per heavy atom. The van der Waals surface area contributed by atoms with Gasteiger partial charge in [0.2, 0.25) is 0 Å². The molecular weight excluding hydrogens is 251 g/mol. The molecule has 0 amide bonds. The second-order valence-electron chi connectivity index (χ2n) is 4.67. The highest BCUT2D eigenvalue weighted by atomic mass is 19.1. The van der Waals surface area contributed by atoms with E-state index >= 15 is 0 Å². The van der Waals surface area contributed by atoms with E-state index in [1.54, 1.807) is 24.5 Å². The third-order valence-electron chi connectivity index (χ3n) is 3.10. The Hall–Kier alpha value is -2.55. The molecule has 3 heteroatoms. The van der Waals surface area contributed by atoms with Gasteiger partial charge in [-0.3, -0.25) is 0 Å². The van der Waals surface area contributed by atoms with Crippen LogP contribution in [0.2, 0.25) is 0 Å². The predicted octanol–water partition coefficient (Wildman–Crippen LogP) is 4.26. The molecule has 0 unspecified atom stereocenters. The molecule has 20 heavy (non-hydrogen) atoms. The quantitative estimate of drug-likeness (QED) is 0.691. The first-order chi connectivity index (χ1) is 9.72. The molecular formula is C17H13FN2. The third-order valence-corrected chi connectivity index (χ3v) is 3.10. The van der Waals surface area contributed by atoms with Gasteiger partial charge < -0.3 is 0 Å². The first-order valence-corrected chi connectivity index (χ1v) is 6.37. The van der Waals surface area contributed by atoms with E-state index in [-0.39, 0.29) is 5.82 Å². The van der Waals surface area contributed by atoms with Crippen LogP contribution in [0.25, 0.3) is 22.5 Å². The molecule has 0 bridgehead atoms. The fourth-order valence-corrected chi connectivity index (χ4v) is 2.00. The average molecular weight is 264 g/mol. The second-order valence-corrected chi connectivity index (χ2v) is 4.67. The molecule has 3 rings (SSSR count). The van der Waals surface area contributed by atoms with Crippen molar-refractivity contribution < 1.29 is 4.39 Å². The van der Waals surface area contributed by atoms with Gasteiger partial charge in [-0.25, -0.2) is 14.4 Å². The first-order valence-electron chi connectivity index (χ1n) is 6.37. The lowest BCUT2D eigenvalue weighted by molar-refractivity contribution is 0.628. The zero-order valence-electron chi connectivity index (χ0n) is 11.0. The molecule has 0 aliphatic heterocycles. The number of hydrogen-bond donors (Lipinski definition) is 0. The van der Waals surface area contributed by atoms with E-state index in [9.17, 15) is 4.39 Å². The smallest absolute Gasteiger partial charge is 0.159 e. The van der Waals surface area contributed by atoms with Crippen molar-refractivity contribution in [1.82, 2.24) is 9.97 Å². The van der Waals surface area contributed by atoms with E-state index < -0.39 is 0 Å². The number of nitrogens with zero attached hydrogens (tertiary/aromatic N) is 2. The zero-order valence-corrected chi connectivity index (χ0v) is 11.0. The van der Waals surface area contributed by atoms with E-state index in [0.29, 0.717) is 5.82 Å². The third kappa shape index (κ3) is 2.57. The van der Waals surface area contributed by atoms with Crippen LogP contribution in [0.4, 0.5) is 4.39 Å². The largest absolute Gasteiger partial charge is 0.236 e. The van der Waals surface area contributed by atoms with Gasteiger partial charge in [0.25, 0.3) is 0 Å². The van der Waals surface area contributed by atoms with Crippen molar-refractivity contribution in [2.24, 2.45) is 0 Å². The normalized spacial score (nSPS) is 10.5. The van der Waals surface area contributed by atoms with E-state index in [0.717, 1.165) is 22.3 Å². The topological polar surface area (TPSA) is 25.8 Å². The molecule has 0 radical (unpaired) electrons. The van der Waals surface area contributed by atoms with E-state index in [1.165, 1.54) is 12.1 Å². The van der Waals surface area contributed by atoms with Gasteiger partial charge in [-0.05, 0) is 35.7 Å². The Balaban J connectivity index is 1.91. The van der Waals surface area contributed by atoms with Gasteiger partial charge >= 0.3 is 0 Å². The van der Waals surface area contributed by atoms with Crippen molar-refractivity contribution in [2.75, 3.05) is 0 Å². The van der Waals surface area contributed by atoms with Crippen molar-refractivity contribution in [3.05, 3.63) is 72.3 Å². The Kier molecular flexibility index (Phi) is 3.25. The lowest BCUT2D eigenvalue weighted by atomic mass is 10.0. The molecule has 0 N–H and O–H groups in total. The molecule has 0 saturated carbocycles. The van der Waals surface area contributed by atoms with Crippen LogP contribution in [0, 0.1) is 12.7 Å². The Morgan fingerprint density at radius 1 is 0.700 bits per heavy atom. The molecule has 3 aromatic rings. The van der Waals surface area contributed by atoms with Crippen LogP contribution in [0.5, 0.6) is 0 Å². The summed E-state index contributed by atoms with van der Waals surface area (Å²) in [4.78, 5) is 8.60. The molecule has 1 aromatic heterocycles. The number of rotatable bonds is 2. The molecule has 1 heterocycles. The number of aromatic nitrogens is 2. The van der Waals surface area contributed by atoms with Gasteiger partial charge in [-0.15, -0.1) is 0 Å². The molecule has 0 aliphatic carbocycles. The van der Waals surface area contributed by atoms with Crippen LogP contribution in [0.1, 0.15) is 5.56 Å². The number of benzene rings is 2. The molecule has 98 valence electrons. The van der Waals surface area contributed by atoms with E-state index in [2.05, 4.69) is 9.97 Å². The molecule has 2 nitrogen and oxygen atoms in total. The fourth-order valence-electron chi connectivity index (χ4n) is 2.00. The van der Waals surface area contributed by atoms with Crippen molar-refractivity contribution >= 4 is 0 Å². The van der Waals surface area contributed by atoms with Crippen molar-refractivity contribution in [3.63, 3.8) is 0 Å². The van der Waals surface area contributed by atoms with Crippen molar-refractivity contribution in [3.8, 4) is 22.5 Å². The summed E-state index contributed by atoms with van der Waals surface area (Å²) in [6.07, 6.45) is 3.60. The monoisotopic (exact) mass is 264 g/mol. The summed E-state index contributed by atoms with van der Waals surface area (Å²) in [5.74, 6) is 0.486. The predicted molar refractivity (Wildman–Crippen MR) is 77.6 cm³/mol. The molecule has 0 saturated heterocycles. The summed E-state index contributed by atoms with van der Waals surface area (Å²) in [7, 11) is 0. The van der Waals surface area contributed by atoms with Crippen molar-refractivity contribution in [2.45, 2.75) is 6.92 Å². The van der Waals surface area contributed by atoms with Crippen LogP contribution in [0.15, 0.2) is 60.9 Å². The summed E-state index contributed by atoms with van der Waals surface area (Å²) < 4.78 is 12.9. The van der Waals surface area contributed by atoms with E-state index in [4.69, 9.17) is 0 Å². The average Bonchev–Trinajstić information content (AvgIpc) is 2.49. The van der Waals surface area contributed by atoms with Gasteiger partial charge in [-0.2, -0.15) is 0 Å². The van der Waals surface area contributed by atoms with Gasteiger partial charge in [0.1, 0.15) is 5.82 Å². The minimum absolute atomic E-state index is 0.224. The summed E-state index contributed by atoms with van der Waals surface area (Å²) in [5, 5.41) is 0. The number of halogens is 1. The summed E-state index contributed by atoms with van der Waals surface area (Å²) in [6.45, 7) is 1.96.